The number of aliphatic hydroxyl groups is 1. The summed E-state index contributed by atoms with van der Waals surface area (Å²) in [7, 11) is 0. The van der Waals surface area contributed by atoms with Gasteiger partial charge in [0.2, 0.25) is 0 Å². The first-order valence-corrected chi connectivity index (χ1v) is 6.16. The van der Waals surface area contributed by atoms with Crippen molar-refractivity contribution in [3.05, 3.63) is 35.6 Å². The molecule has 0 radical (unpaired) electrons. The highest BCUT2D eigenvalue weighted by Crippen LogP contribution is 2.22. The van der Waals surface area contributed by atoms with Gasteiger partial charge in [-0.25, -0.2) is 9.18 Å². The van der Waals surface area contributed by atoms with Crippen LogP contribution in [0.15, 0.2) is 24.3 Å². The van der Waals surface area contributed by atoms with Crippen molar-refractivity contribution in [1.82, 2.24) is 4.90 Å². The van der Waals surface area contributed by atoms with Gasteiger partial charge in [0.25, 0.3) is 0 Å². The van der Waals surface area contributed by atoms with Gasteiger partial charge >= 0.3 is 6.09 Å². The second-order valence-corrected chi connectivity index (χ2v) is 5.43. The SMILES string of the molecule is CC(C)(C)N(CCC(O)c1ccccc1F)C(=O)O. The van der Waals surface area contributed by atoms with E-state index >= 15 is 0 Å². The van der Waals surface area contributed by atoms with Crippen molar-refractivity contribution < 1.29 is 19.4 Å². The van der Waals surface area contributed by atoms with Gasteiger partial charge in [-0.2, -0.15) is 0 Å². The predicted octanol–water partition coefficient (Wildman–Crippen LogP) is 3.03. The summed E-state index contributed by atoms with van der Waals surface area (Å²) in [4.78, 5) is 12.4. The van der Waals surface area contributed by atoms with Crippen LogP contribution in [-0.2, 0) is 0 Å². The number of nitrogens with zero attached hydrogens (tertiary/aromatic N) is 1. The molecule has 19 heavy (non-hydrogen) atoms. The van der Waals surface area contributed by atoms with Gasteiger partial charge in [0.15, 0.2) is 0 Å². The molecule has 106 valence electrons. The number of carboxylic acid groups (broad SMARTS) is 1. The molecule has 0 saturated carbocycles. The number of carbonyl (C=O) groups is 1. The van der Waals surface area contributed by atoms with Gasteiger partial charge in [-0.05, 0) is 33.3 Å². The smallest absolute Gasteiger partial charge is 0.407 e. The Kier molecular flexibility index (Phi) is 4.89. The van der Waals surface area contributed by atoms with Crippen molar-refractivity contribution in [2.75, 3.05) is 6.54 Å². The summed E-state index contributed by atoms with van der Waals surface area (Å²) in [5.74, 6) is -0.479. The minimum absolute atomic E-state index is 0.147. The van der Waals surface area contributed by atoms with Crippen LogP contribution in [0.25, 0.3) is 0 Å². The minimum atomic E-state index is -1.05. The zero-order valence-corrected chi connectivity index (χ0v) is 11.4. The van der Waals surface area contributed by atoms with E-state index < -0.39 is 23.6 Å². The lowest BCUT2D eigenvalue weighted by Gasteiger charge is -2.33. The predicted molar refractivity (Wildman–Crippen MR) is 70.5 cm³/mol. The molecule has 0 bridgehead atoms. The van der Waals surface area contributed by atoms with Crippen LogP contribution in [0.1, 0.15) is 38.9 Å². The highest BCUT2D eigenvalue weighted by molar-refractivity contribution is 5.65. The number of aliphatic hydroxyl groups excluding tert-OH is 1. The Morgan fingerprint density at radius 2 is 1.95 bits per heavy atom. The number of hydrogen-bond donors (Lipinski definition) is 2. The summed E-state index contributed by atoms with van der Waals surface area (Å²) >= 11 is 0. The van der Waals surface area contributed by atoms with Crippen LogP contribution in [-0.4, -0.2) is 33.3 Å². The average Bonchev–Trinajstić information content (AvgIpc) is 2.27. The topological polar surface area (TPSA) is 60.8 Å². The van der Waals surface area contributed by atoms with Crippen molar-refractivity contribution in [3.63, 3.8) is 0 Å². The number of amides is 1. The van der Waals surface area contributed by atoms with Gasteiger partial charge in [0.05, 0.1) is 6.10 Å². The summed E-state index contributed by atoms with van der Waals surface area (Å²) in [6.45, 7) is 5.47. The Balaban J connectivity index is 2.70. The van der Waals surface area contributed by atoms with Gasteiger partial charge in [0, 0.05) is 17.6 Å². The van der Waals surface area contributed by atoms with Crippen LogP contribution in [0.4, 0.5) is 9.18 Å². The van der Waals surface area contributed by atoms with Crippen molar-refractivity contribution in [1.29, 1.82) is 0 Å². The van der Waals surface area contributed by atoms with Crippen molar-refractivity contribution in [2.24, 2.45) is 0 Å². The van der Waals surface area contributed by atoms with Crippen molar-refractivity contribution >= 4 is 6.09 Å². The maximum atomic E-state index is 13.5. The summed E-state index contributed by atoms with van der Waals surface area (Å²) in [5, 5.41) is 19.1. The molecule has 0 heterocycles. The van der Waals surface area contributed by atoms with Crippen LogP contribution in [0, 0.1) is 5.82 Å². The summed E-state index contributed by atoms with van der Waals surface area (Å²) in [5.41, 5.74) is -0.359. The fraction of sp³-hybridized carbons (Fsp3) is 0.500. The van der Waals surface area contributed by atoms with E-state index in [-0.39, 0.29) is 18.5 Å². The molecule has 0 fully saturated rings. The molecule has 0 saturated heterocycles. The molecule has 0 aliphatic rings. The van der Waals surface area contributed by atoms with E-state index in [1.807, 2.05) is 0 Å². The molecule has 1 aromatic carbocycles. The zero-order chi connectivity index (χ0) is 14.6. The molecular formula is C14H20FNO3. The second-order valence-electron chi connectivity index (χ2n) is 5.43. The Bertz CT molecular complexity index is 443. The van der Waals surface area contributed by atoms with Crippen LogP contribution in [0.5, 0.6) is 0 Å². The fourth-order valence-corrected chi connectivity index (χ4v) is 1.87. The largest absolute Gasteiger partial charge is 0.465 e. The van der Waals surface area contributed by atoms with E-state index in [2.05, 4.69) is 0 Å². The van der Waals surface area contributed by atoms with Crippen LogP contribution in [0.2, 0.25) is 0 Å². The molecule has 1 atom stereocenters. The number of halogens is 1. The van der Waals surface area contributed by atoms with E-state index in [0.29, 0.717) is 0 Å². The second kappa shape index (κ2) is 6.02. The average molecular weight is 269 g/mol. The molecular weight excluding hydrogens is 249 g/mol. The molecule has 4 nitrogen and oxygen atoms in total. The first-order chi connectivity index (χ1) is 8.73. The molecule has 0 spiro atoms. The monoisotopic (exact) mass is 269 g/mol. The molecule has 1 aromatic rings. The van der Waals surface area contributed by atoms with Gasteiger partial charge in [0.1, 0.15) is 5.82 Å². The Labute approximate surface area is 112 Å². The quantitative estimate of drug-likeness (QED) is 0.883. The van der Waals surface area contributed by atoms with Gasteiger partial charge in [-0.1, -0.05) is 18.2 Å². The summed E-state index contributed by atoms with van der Waals surface area (Å²) in [6.07, 6.45) is -1.90. The molecule has 5 heteroatoms. The Morgan fingerprint density at radius 1 is 1.37 bits per heavy atom. The van der Waals surface area contributed by atoms with E-state index in [1.165, 1.54) is 17.0 Å². The number of rotatable bonds is 4. The van der Waals surface area contributed by atoms with Gasteiger partial charge < -0.3 is 15.1 Å². The van der Waals surface area contributed by atoms with Gasteiger partial charge in [-0.3, -0.25) is 0 Å². The van der Waals surface area contributed by atoms with Crippen molar-refractivity contribution in [2.45, 2.75) is 38.8 Å². The van der Waals surface area contributed by atoms with Crippen LogP contribution in [0.3, 0.4) is 0 Å². The Morgan fingerprint density at radius 3 is 2.42 bits per heavy atom. The van der Waals surface area contributed by atoms with E-state index in [0.717, 1.165) is 0 Å². The molecule has 1 unspecified atom stereocenters. The maximum absolute atomic E-state index is 13.5. The fourth-order valence-electron chi connectivity index (χ4n) is 1.87. The standard InChI is InChI=1S/C14H20FNO3/c1-14(2,3)16(13(18)19)9-8-12(17)10-6-4-5-7-11(10)15/h4-7,12,17H,8-9H2,1-3H3,(H,18,19). The van der Waals surface area contributed by atoms with E-state index in [9.17, 15) is 14.3 Å². The first kappa shape index (κ1) is 15.4. The van der Waals surface area contributed by atoms with E-state index in [1.54, 1.807) is 32.9 Å². The molecule has 1 amide bonds. The number of benzene rings is 1. The number of hydrogen-bond acceptors (Lipinski definition) is 2. The lowest BCUT2D eigenvalue weighted by molar-refractivity contribution is 0.0814. The lowest BCUT2D eigenvalue weighted by Crippen LogP contribution is -2.45. The molecule has 2 N–H and O–H groups in total. The first-order valence-electron chi connectivity index (χ1n) is 6.16. The minimum Gasteiger partial charge on any atom is -0.465 e. The highest BCUT2D eigenvalue weighted by Gasteiger charge is 2.26. The zero-order valence-electron chi connectivity index (χ0n) is 11.4. The molecule has 0 aliphatic heterocycles. The third kappa shape index (κ3) is 4.21. The molecule has 1 rings (SSSR count). The third-order valence-electron chi connectivity index (χ3n) is 2.93. The molecule has 0 aliphatic carbocycles. The Hall–Kier alpha value is -1.62. The lowest BCUT2D eigenvalue weighted by atomic mass is 10.0. The third-order valence-corrected chi connectivity index (χ3v) is 2.93. The highest BCUT2D eigenvalue weighted by atomic mass is 19.1. The summed E-state index contributed by atoms with van der Waals surface area (Å²) in [6, 6.07) is 5.96. The van der Waals surface area contributed by atoms with Crippen LogP contribution >= 0.6 is 0 Å². The van der Waals surface area contributed by atoms with Crippen molar-refractivity contribution in [3.8, 4) is 0 Å². The maximum Gasteiger partial charge on any atom is 0.407 e. The normalized spacial score (nSPS) is 13.1. The molecule has 0 aromatic heterocycles. The van der Waals surface area contributed by atoms with Crippen LogP contribution < -0.4 is 0 Å². The van der Waals surface area contributed by atoms with E-state index in [4.69, 9.17) is 5.11 Å². The summed E-state index contributed by atoms with van der Waals surface area (Å²) < 4.78 is 13.5. The van der Waals surface area contributed by atoms with Gasteiger partial charge in [-0.15, -0.1) is 0 Å².